The van der Waals surface area contributed by atoms with Crippen molar-refractivity contribution in [2.75, 3.05) is 11.9 Å². The normalized spacial score (nSPS) is 15.7. The summed E-state index contributed by atoms with van der Waals surface area (Å²) in [7, 11) is 0. The van der Waals surface area contributed by atoms with Gasteiger partial charge >= 0.3 is 6.09 Å². The third-order valence-electron chi connectivity index (χ3n) is 5.89. The number of carbonyl (C=O) groups is 2. The van der Waals surface area contributed by atoms with Crippen LogP contribution in [0.3, 0.4) is 0 Å². The summed E-state index contributed by atoms with van der Waals surface area (Å²) in [4.78, 5) is 39.2. The van der Waals surface area contributed by atoms with Gasteiger partial charge in [0.15, 0.2) is 0 Å². The number of aromatic nitrogens is 4. The van der Waals surface area contributed by atoms with E-state index in [2.05, 4.69) is 15.3 Å². The molecule has 0 bridgehead atoms. The molecule has 1 aliphatic rings. The van der Waals surface area contributed by atoms with Crippen LogP contribution in [0.1, 0.15) is 40.8 Å². The topological polar surface area (TPSA) is 113 Å². The van der Waals surface area contributed by atoms with Gasteiger partial charge in [-0.15, -0.1) is 0 Å². The van der Waals surface area contributed by atoms with Gasteiger partial charge in [-0.1, -0.05) is 18.2 Å². The molecule has 5 rings (SSSR count). The Balaban J connectivity index is 1.51. The minimum Gasteiger partial charge on any atom is -0.465 e. The highest BCUT2D eigenvalue weighted by Crippen LogP contribution is 2.35. The Kier molecular flexibility index (Phi) is 5.21. The number of hydrogen-bond donors (Lipinski definition) is 2. The Hall–Kier alpha value is -4.27. The average molecular weight is 442 g/mol. The lowest BCUT2D eigenvalue weighted by Gasteiger charge is -2.20. The monoisotopic (exact) mass is 442 g/mol. The number of pyridine rings is 1. The predicted octanol–water partition coefficient (Wildman–Crippen LogP) is 4.17. The van der Waals surface area contributed by atoms with E-state index in [1.165, 1.54) is 4.90 Å². The number of likely N-dealkylation sites (tertiary alicyclic amines) is 1. The van der Waals surface area contributed by atoms with Crippen LogP contribution in [0.5, 0.6) is 0 Å². The second-order valence-electron chi connectivity index (χ2n) is 7.93. The average Bonchev–Trinajstić information content (AvgIpc) is 3.45. The van der Waals surface area contributed by atoms with Crippen molar-refractivity contribution in [2.24, 2.45) is 0 Å². The standard InChI is InChI=1S/C24H22N6O3/c1-15-21-20(16-7-9-17(10-8-16)23(31)27-19-6-2-3-11-26-19)28-22(30(21)14-12-25-15)18-5-4-13-29(18)24(32)33/h2-3,6-12,14,18H,4-5,13H2,1H3,(H,32,33)(H,26,27,31). The van der Waals surface area contributed by atoms with Crippen molar-refractivity contribution in [3.8, 4) is 11.3 Å². The van der Waals surface area contributed by atoms with Crippen LogP contribution in [0, 0.1) is 6.92 Å². The molecule has 0 spiro atoms. The first-order valence-corrected chi connectivity index (χ1v) is 10.7. The number of anilines is 1. The van der Waals surface area contributed by atoms with E-state index in [0.717, 1.165) is 29.6 Å². The molecule has 1 fully saturated rings. The van der Waals surface area contributed by atoms with E-state index in [4.69, 9.17) is 4.98 Å². The van der Waals surface area contributed by atoms with Crippen LogP contribution < -0.4 is 5.32 Å². The lowest BCUT2D eigenvalue weighted by atomic mass is 10.1. The first kappa shape index (κ1) is 20.6. The number of fused-ring (bicyclic) bond motifs is 1. The van der Waals surface area contributed by atoms with Crippen LogP contribution in [0.2, 0.25) is 0 Å². The number of benzene rings is 1. The molecule has 3 aromatic heterocycles. The number of rotatable bonds is 4. The van der Waals surface area contributed by atoms with Crippen molar-refractivity contribution in [1.82, 2.24) is 24.3 Å². The molecule has 1 atom stereocenters. The van der Waals surface area contributed by atoms with Gasteiger partial charge in [0.05, 0.1) is 22.9 Å². The van der Waals surface area contributed by atoms with Crippen LogP contribution in [0.25, 0.3) is 16.8 Å². The van der Waals surface area contributed by atoms with Gasteiger partial charge in [-0.05, 0) is 44.0 Å². The highest BCUT2D eigenvalue weighted by Gasteiger charge is 2.34. The Morgan fingerprint density at radius 3 is 2.64 bits per heavy atom. The number of carboxylic acid groups (broad SMARTS) is 1. The molecule has 1 aliphatic heterocycles. The molecule has 1 aromatic carbocycles. The van der Waals surface area contributed by atoms with Gasteiger partial charge in [0, 0.05) is 36.3 Å². The third kappa shape index (κ3) is 3.78. The summed E-state index contributed by atoms with van der Waals surface area (Å²) >= 11 is 0. The Bertz CT molecular complexity index is 1330. The zero-order valence-corrected chi connectivity index (χ0v) is 18.0. The van der Waals surface area contributed by atoms with Gasteiger partial charge in [-0.25, -0.2) is 14.8 Å². The first-order chi connectivity index (χ1) is 16.0. The summed E-state index contributed by atoms with van der Waals surface area (Å²) in [6, 6.07) is 12.2. The lowest BCUT2D eigenvalue weighted by Crippen LogP contribution is -2.29. The maximum atomic E-state index is 12.6. The number of carbonyl (C=O) groups excluding carboxylic acids is 1. The molecule has 0 saturated carbocycles. The molecule has 2 amide bonds. The van der Waals surface area contributed by atoms with Gasteiger partial charge in [0.25, 0.3) is 5.91 Å². The molecule has 1 saturated heterocycles. The predicted molar refractivity (Wildman–Crippen MR) is 122 cm³/mol. The van der Waals surface area contributed by atoms with E-state index in [0.29, 0.717) is 29.4 Å². The molecule has 4 aromatic rings. The number of aryl methyl sites for hydroxylation is 1. The van der Waals surface area contributed by atoms with E-state index in [1.54, 1.807) is 42.7 Å². The van der Waals surface area contributed by atoms with Crippen LogP contribution in [-0.2, 0) is 0 Å². The molecule has 0 aliphatic carbocycles. The van der Waals surface area contributed by atoms with Gasteiger partial charge in [0.1, 0.15) is 11.6 Å². The molecule has 4 heterocycles. The fourth-order valence-electron chi connectivity index (χ4n) is 4.32. The molecule has 0 radical (unpaired) electrons. The van der Waals surface area contributed by atoms with Gasteiger partial charge in [-0.2, -0.15) is 0 Å². The fraction of sp³-hybridized carbons (Fsp3) is 0.208. The summed E-state index contributed by atoms with van der Waals surface area (Å²) in [6.45, 7) is 2.40. The molecular formula is C24H22N6O3. The van der Waals surface area contributed by atoms with E-state index < -0.39 is 6.09 Å². The number of hydrogen-bond acceptors (Lipinski definition) is 5. The summed E-state index contributed by atoms with van der Waals surface area (Å²) in [5, 5.41) is 12.4. The highest BCUT2D eigenvalue weighted by molar-refractivity contribution is 6.04. The molecule has 33 heavy (non-hydrogen) atoms. The van der Waals surface area contributed by atoms with Crippen molar-refractivity contribution in [3.63, 3.8) is 0 Å². The van der Waals surface area contributed by atoms with E-state index in [9.17, 15) is 14.7 Å². The van der Waals surface area contributed by atoms with E-state index >= 15 is 0 Å². The van der Waals surface area contributed by atoms with E-state index in [1.807, 2.05) is 29.7 Å². The Labute approximate surface area is 189 Å². The lowest BCUT2D eigenvalue weighted by molar-refractivity contribution is 0.102. The zero-order chi connectivity index (χ0) is 22.9. The van der Waals surface area contributed by atoms with E-state index in [-0.39, 0.29) is 11.9 Å². The summed E-state index contributed by atoms with van der Waals surface area (Å²) in [5.74, 6) is 0.913. The van der Waals surface area contributed by atoms with Crippen LogP contribution in [0.4, 0.5) is 10.6 Å². The molecule has 166 valence electrons. The Morgan fingerprint density at radius 2 is 1.91 bits per heavy atom. The van der Waals surface area contributed by atoms with Crippen molar-refractivity contribution < 1.29 is 14.7 Å². The Morgan fingerprint density at radius 1 is 1.09 bits per heavy atom. The number of nitrogens with zero attached hydrogens (tertiary/aromatic N) is 5. The third-order valence-corrected chi connectivity index (χ3v) is 5.89. The number of amides is 2. The summed E-state index contributed by atoms with van der Waals surface area (Å²) < 4.78 is 1.94. The maximum Gasteiger partial charge on any atom is 0.407 e. The van der Waals surface area contributed by atoms with Crippen LogP contribution in [-0.4, -0.2) is 47.9 Å². The first-order valence-electron chi connectivity index (χ1n) is 10.7. The minimum absolute atomic E-state index is 0.253. The van der Waals surface area contributed by atoms with Crippen LogP contribution >= 0.6 is 0 Å². The smallest absolute Gasteiger partial charge is 0.407 e. The van der Waals surface area contributed by atoms with Crippen molar-refractivity contribution in [2.45, 2.75) is 25.8 Å². The number of nitrogens with one attached hydrogen (secondary N) is 1. The van der Waals surface area contributed by atoms with Gasteiger partial charge < -0.3 is 10.4 Å². The summed E-state index contributed by atoms with van der Waals surface area (Å²) in [6.07, 6.45) is 5.71. The number of imidazole rings is 1. The maximum absolute atomic E-state index is 12.6. The molecule has 9 heteroatoms. The summed E-state index contributed by atoms with van der Waals surface area (Å²) in [5.41, 5.74) is 3.66. The van der Waals surface area contributed by atoms with Gasteiger partial charge in [0.2, 0.25) is 0 Å². The SMILES string of the molecule is Cc1nccn2c(C3CCCN3C(=O)O)nc(-c3ccc(C(=O)Nc4ccccn4)cc3)c12. The largest absolute Gasteiger partial charge is 0.465 e. The molecular weight excluding hydrogens is 420 g/mol. The zero-order valence-electron chi connectivity index (χ0n) is 18.0. The quantitative estimate of drug-likeness (QED) is 0.491. The molecule has 9 nitrogen and oxygen atoms in total. The van der Waals surface area contributed by atoms with Crippen molar-refractivity contribution in [3.05, 3.63) is 78.1 Å². The van der Waals surface area contributed by atoms with Gasteiger partial charge in [-0.3, -0.25) is 19.1 Å². The minimum atomic E-state index is -0.940. The highest BCUT2D eigenvalue weighted by atomic mass is 16.4. The second-order valence-corrected chi connectivity index (χ2v) is 7.93. The van der Waals surface area contributed by atoms with Crippen LogP contribution in [0.15, 0.2) is 61.1 Å². The molecule has 2 N–H and O–H groups in total. The molecule has 1 unspecified atom stereocenters. The second kappa shape index (κ2) is 8.34. The van der Waals surface area contributed by atoms with Crippen molar-refractivity contribution >= 4 is 23.3 Å². The fourth-order valence-corrected chi connectivity index (χ4v) is 4.32. The van der Waals surface area contributed by atoms with Crippen molar-refractivity contribution in [1.29, 1.82) is 0 Å².